The maximum Gasteiger partial charge on any atom is 0.260 e. The van der Waals surface area contributed by atoms with E-state index in [1.54, 1.807) is 0 Å². The molecule has 130 valence electrons. The highest BCUT2D eigenvalue weighted by Gasteiger charge is 2.17. The monoisotopic (exact) mass is 327 g/mol. The highest BCUT2D eigenvalue weighted by atomic mass is 16.5. The molecule has 24 heavy (non-hydrogen) atoms. The third kappa shape index (κ3) is 4.98. The Hall–Kier alpha value is -2.03. The van der Waals surface area contributed by atoms with E-state index >= 15 is 0 Å². The number of hydrogen-bond donors (Lipinski definition) is 1. The predicted octanol–water partition coefficient (Wildman–Crippen LogP) is 4.94. The number of carbonyl (C=O) groups is 1. The zero-order valence-corrected chi connectivity index (χ0v) is 15.0. The Bertz CT molecular complexity index is 648. The zero-order chi connectivity index (χ0) is 17.4. The van der Waals surface area contributed by atoms with Crippen molar-refractivity contribution in [2.24, 2.45) is 5.92 Å². The van der Waals surface area contributed by atoms with Crippen LogP contribution in [0.25, 0.3) is 10.8 Å². The lowest BCUT2D eigenvalue weighted by atomic mass is 9.99. The lowest BCUT2D eigenvalue weighted by Crippen LogP contribution is -2.38. The van der Waals surface area contributed by atoms with Crippen LogP contribution in [-0.2, 0) is 4.79 Å². The molecule has 1 amide bonds. The van der Waals surface area contributed by atoms with Gasteiger partial charge < -0.3 is 10.1 Å². The van der Waals surface area contributed by atoms with E-state index in [-0.39, 0.29) is 5.91 Å². The normalized spacial score (nSPS) is 13.5. The molecule has 0 bridgehead atoms. The van der Waals surface area contributed by atoms with Crippen LogP contribution in [0.3, 0.4) is 0 Å². The lowest BCUT2D eigenvalue weighted by Gasteiger charge is -2.19. The average Bonchev–Trinajstić information content (AvgIpc) is 2.62. The first kappa shape index (κ1) is 18.3. The molecule has 0 aliphatic heterocycles. The van der Waals surface area contributed by atoms with Gasteiger partial charge in [-0.25, -0.2) is 0 Å². The molecule has 2 rings (SSSR count). The second-order valence-corrected chi connectivity index (χ2v) is 6.40. The first-order chi connectivity index (χ1) is 11.7. The molecule has 0 spiro atoms. The van der Waals surface area contributed by atoms with Crippen LogP contribution in [0, 0.1) is 5.92 Å². The Labute approximate surface area is 145 Å². The molecule has 0 fully saturated rings. The van der Waals surface area contributed by atoms with Gasteiger partial charge in [-0.15, -0.1) is 0 Å². The SMILES string of the molecule is CCCCC(CC)CNC(=O)C(C)Oc1cccc2ccccc12. The Morgan fingerprint density at radius 2 is 1.88 bits per heavy atom. The standard InChI is InChI=1S/C21H29NO2/c1-4-6-10-17(5-2)15-22-21(23)16(3)24-20-14-9-12-18-11-7-8-13-19(18)20/h7-9,11-14,16-17H,4-6,10,15H2,1-3H3,(H,22,23). The van der Waals surface area contributed by atoms with Crippen molar-refractivity contribution in [1.82, 2.24) is 5.32 Å². The van der Waals surface area contributed by atoms with Crippen molar-refractivity contribution in [3.05, 3.63) is 42.5 Å². The topological polar surface area (TPSA) is 38.3 Å². The van der Waals surface area contributed by atoms with Gasteiger partial charge >= 0.3 is 0 Å². The van der Waals surface area contributed by atoms with E-state index in [9.17, 15) is 4.79 Å². The van der Waals surface area contributed by atoms with Gasteiger partial charge in [-0.3, -0.25) is 4.79 Å². The largest absolute Gasteiger partial charge is 0.480 e. The fourth-order valence-corrected chi connectivity index (χ4v) is 2.87. The number of benzene rings is 2. The molecule has 1 N–H and O–H groups in total. The minimum absolute atomic E-state index is 0.0436. The maximum absolute atomic E-state index is 12.3. The number of rotatable bonds is 9. The summed E-state index contributed by atoms with van der Waals surface area (Å²) < 4.78 is 5.92. The molecule has 2 atom stereocenters. The Morgan fingerprint density at radius 3 is 2.62 bits per heavy atom. The fraction of sp³-hybridized carbons (Fsp3) is 0.476. The molecule has 2 aromatic rings. The van der Waals surface area contributed by atoms with Crippen molar-refractivity contribution < 1.29 is 9.53 Å². The van der Waals surface area contributed by atoms with Gasteiger partial charge in [0, 0.05) is 11.9 Å². The molecule has 0 aliphatic rings. The van der Waals surface area contributed by atoms with Crippen LogP contribution in [-0.4, -0.2) is 18.6 Å². The molecule has 0 aromatic heterocycles. The Balaban J connectivity index is 1.93. The van der Waals surface area contributed by atoms with Crippen LogP contribution in [0.5, 0.6) is 5.75 Å². The van der Waals surface area contributed by atoms with E-state index in [1.165, 1.54) is 19.3 Å². The fourth-order valence-electron chi connectivity index (χ4n) is 2.87. The second-order valence-electron chi connectivity index (χ2n) is 6.40. The highest BCUT2D eigenvalue weighted by Crippen LogP contribution is 2.26. The van der Waals surface area contributed by atoms with Crippen LogP contribution >= 0.6 is 0 Å². The summed E-state index contributed by atoms with van der Waals surface area (Å²) in [5.74, 6) is 1.27. The third-order valence-electron chi connectivity index (χ3n) is 4.53. The smallest absolute Gasteiger partial charge is 0.260 e. The minimum atomic E-state index is -0.500. The van der Waals surface area contributed by atoms with E-state index in [1.807, 2.05) is 49.4 Å². The summed E-state index contributed by atoms with van der Waals surface area (Å²) in [5.41, 5.74) is 0. The summed E-state index contributed by atoms with van der Waals surface area (Å²) in [6.45, 7) is 6.93. The first-order valence-electron chi connectivity index (χ1n) is 9.07. The van der Waals surface area contributed by atoms with Gasteiger partial charge in [0.25, 0.3) is 5.91 Å². The predicted molar refractivity (Wildman–Crippen MR) is 100 cm³/mol. The lowest BCUT2D eigenvalue weighted by molar-refractivity contribution is -0.127. The van der Waals surface area contributed by atoms with E-state index in [0.29, 0.717) is 5.92 Å². The van der Waals surface area contributed by atoms with Gasteiger partial charge in [-0.2, -0.15) is 0 Å². The Morgan fingerprint density at radius 1 is 1.12 bits per heavy atom. The molecule has 0 aliphatic carbocycles. The number of amides is 1. The van der Waals surface area contributed by atoms with Gasteiger partial charge in [-0.1, -0.05) is 69.5 Å². The van der Waals surface area contributed by atoms with Gasteiger partial charge in [-0.05, 0) is 30.7 Å². The molecule has 0 saturated heterocycles. The van der Waals surface area contributed by atoms with Crippen molar-refractivity contribution in [2.45, 2.75) is 52.6 Å². The number of carbonyl (C=O) groups excluding carboxylic acids is 1. The molecule has 2 aromatic carbocycles. The van der Waals surface area contributed by atoms with E-state index in [0.717, 1.165) is 29.5 Å². The molecule has 3 heteroatoms. The second kappa shape index (κ2) is 9.31. The number of nitrogens with one attached hydrogen (secondary N) is 1. The summed E-state index contributed by atoms with van der Waals surface area (Å²) in [5, 5.41) is 5.20. The molecular formula is C21H29NO2. The summed E-state index contributed by atoms with van der Waals surface area (Å²) in [4.78, 5) is 12.3. The average molecular weight is 327 g/mol. The minimum Gasteiger partial charge on any atom is -0.480 e. The van der Waals surface area contributed by atoms with Crippen molar-refractivity contribution in [2.75, 3.05) is 6.54 Å². The van der Waals surface area contributed by atoms with Crippen molar-refractivity contribution >= 4 is 16.7 Å². The molecule has 0 heterocycles. The van der Waals surface area contributed by atoms with Gasteiger partial charge in [0.2, 0.25) is 0 Å². The van der Waals surface area contributed by atoms with Gasteiger partial charge in [0.1, 0.15) is 5.75 Å². The van der Waals surface area contributed by atoms with E-state index < -0.39 is 6.10 Å². The molecule has 0 saturated carbocycles. The van der Waals surface area contributed by atoms with Gasteiger partial charge in [0.15, 0.2) is 6.10 Å². The van der Waals surface area contributed by atoms with E-state index in [2.05, 4.69) is 19.2 Å². The highest BCUT2D eigenvalue weighted by molar-refractivity contribution is 5.89. The quantitative estimate of drug-likeness (QED) is 0.708. The third-order valence-corrected chi connectivity index (χ3v) is 4.53. The number of fused-ring (bicyclic) bond motifs is 1. The summed E-state index contributed by atoms with van der Waals surface area (Å²) in [7, 11) is 0. The number of hydrogen-bond acceptors (Lipinski definition) is 2. The Kier molecular flexibility index (Phi) is 7.10. The summed E-state index contributed by atoms with van der Waals surface area (Å²) in [6.07, 6.45) is 4.19. The molecule has 0 radical (unpaired) electrons. The number of ether oxygens (including phenoxy) is 1. The number of unbranched alkanes of at least 4 members (excludes halogenated alkanes) is 1. The molecule has 2 unspecified atom stereocenters. The van der Waals surface area contributed by atoms with Crippen LogP contribution < -0.4 is 10.1 Å². The van der Waals surface area contributed by atoms with Crippen LogP contribution in [0.2, 0.25) is 0 Å². The van der Waals surface area contributed by atoms with E-state index in [4.69, 9.17) is 4.74 Å². The van der Waals surface area contributed by atoms with Gasteiger partial charge in [0.05, 0.1) is 0 Å². The van der Waals surface area contributed by atoms with Crippen LogP contribution in [0.4, 0.5) is 0 Å². The molecular weight excluding hydrogens is 298 g/mol. The van der Waals surface area contributed by atoms with Crippen molar-refractivity contribution in [1.29, 1.82) is 0 Å². The van der Waals surface area contributed by atoms with Crippen molar-refractivity contribution in [3.63, 3.8) is 0 Å². The zero-order valence-electron chi connectivity index (χ0n) is 15.0. The summed E-state index contributed by atoms with van der Waals surface area (Å²) >= 11 is 0. The maximum atomic E-state index is 12.3. The van der Waals surface area contributed by atoms with Crippen LogP contribution in [0.15, 0.2) is 42.5 Å². The van der Waals surface area contributed by atoms with Crippen LogP contribution in [0.1, 0.15) is 46.5 Å². The first-order valence-corrected chi connectivity index (χ1v) is 9.07. The molecule has 3 nitrogen and oxygen atoms in total. The summed E-state index contributed by atoms with van der Waals surface area (Å²) in [6, 6.07) is 14.0. The van der Waals surface area contributed by atoms with Crippen molar-refractivity contribution in [3.8, 4) is 5.75 Å².